The lowest BCUT2D eigenvalue weighted by Gasteiger charge is -2.42. The van der Waals surface area contributed by atoms with Gasteiger partial charge in [-0.3, -0.25) is 4.79 Å². The molecule has 3 rings (SSSR count). The highest BCUT2D eigenvalue weighted by Crippen LogP contribution is 2.43. The number of fused-ring (bicyclic) bond motifs is 1. The Morgan fingerprint density at radius 1 is 1.10 bits per heavy atom. The van der Waals surface area contributed by atoms with Crippen molar-refractivity contribution >= 4 is 18.3 Å². The van der Waals surface area contributed by atoms with Crippen molar-refractivity contribution in [1.82, 2.24) is 10.2 Å². The Labute approximate surface area is 129 Å². The number of rotatable bonds is 1. The summed E-state index contributed by atoms with van der Waals surface area (Å²) in [5.74, 6) is 2.59. The lowest BCUT2D eigenvalue weighted by molar-refractivity contribution is -0.140. The summed E-state index contributed by atoms with van der Waals surface area (Å²) in [6.45, 7) is 5.01. The van der Waals surface area contributed by atoms with Crippen LogP contribution in [0.25, 0.3) is 0 Å². The Kier molecular flexibility index (Phi) is 5.74. The summed E-state index contributed by atoms with van der Waals surface area (Å²) in [6.07, 6.45) is 9.26. The first kappa shape index (κ1) is 16.1. The number of amides is 1. The molecule has 3 nitrogen and oxygen atoms in total. The molecular weight excluding hydrogens is 272 g/mol. The average Bonchev–Trinajstić information content (AvgIpc) is 2.46. The van der Waals surface area contributed by atoms with Crippen molar-refractivity contribution in [1.29, 1.82) is 0 Å². The largest absolute Gasteiger partial charge is 0.337 e. The van der Waals surface area contributed by atoms with Gasteiger partial charge >= 0.3 is 0 Å². The normalized spacial score (nSPS) is 37.8. The van der Waals surface area contributed by atoms with Crippen molar-refractivity contribution in [3.05, 3.63) is 0 Å². The van der Waals surface area contributed by atoms with Crippen LogP contribution in [0.15, 0.2) is 0 Å². The summed E-state index contributed by atoms with van der Waals surface area (Å²) >= 11 is 0. The number of hydrogen-bond donors (Lipinski definition) is 1. The van der Waals surface area contributed by atoms with E-state index in [0.717, 1.165) is 37.9 Å². The van der Waals surface area contributed by atoms with E-state index < -0.39 is 0 Å². The molecule has 0 aromatic rings. The van der Waals surface area contributed by atoms with E-state index in [9.17, 15) is 4.79 Å². The van der Waals surface area contributed by atoms with E-state index in [0.29, 0.717) is 17.9 Å². The van der Waals surface area contributed by atoms with E-state index >= 15 is 0 Å². The Bertz CT molecular complexity index is 336. The van der Waals surface area contributed by atoms with Gasteiger partial charge in [-0.25, -0.2) is 0 Å². The molecule has 2 saturated carbocycles. The Hall–Kier alpha value is -0.280. The third-order valence-corrected chi connectivity index (χ3v) is 5.67. The number of halogens is 1. The third kappa shape index (κ3) is 3.30. The van der Waals surface area contributed by atoms with E-state index in [1.807, 2.05) is 0 Å². The minimum Gasteiger partial charge on any atom is -0.337 e. The summed E-state index contributed by atoms with van der Waals surface area (Å²) in [5, 5.41) is 3.37. The first-order chi connectivity index (χ1) is 9.25. The van der Waals surface area contributed by atoms with Crippen LogP contribution in [0, 0.1) is 17.8 Å². The minimum absolute atomic E-state index is 0. The molecule has 2 aliphatic carbocycles. The second kappa shape index (κ2) is 7.13. The van der Waals surface area contributed by atoms with Crippen molar-refractivity contribution in [2.45, 2.75) is 57.9 Å². The number of nitrogens with one attached hydrogen (secondary N) is 1. The molecular formula is C16H29ClN2O. The smallest absolute Gasteiger partial charge is 0.226 e. The van der Waals surface area contributed by atoms with Crippen LogP contribution in [0.4, 0.5) is 0 Å². The zero-order valence-corrected chi connectivity index (χ0v) is 13.5. The quantitative estimate of drug-likeness (QED) is 0.807. The van der Waals surface area contributed by atoms with Crippen LogP contribution >= 0.6 is 12.4 Å². The van der Waals surface area contributed by atoms with E-state index in [1.165, 1.54) is 38.5 Å². The molecule has 1 N–H and O–H groups in total. The highest BCUT2D eigenvalue weighted by atomic mass is 35.5. The maximum Gasteiger partial charge on any atom is 0.226 e. The van der Waals surface area contributed by atoms with E-state index in [1.54, 1.807) is 0 Å². The van der Waals surface area contributed by atoms with Crippen LogP contribution in [-0.2, 0) is 4.79 Å². The molecule has 0 bridgehead atoms. The number of carbonyl (C=O) groups excluding carboxylic acids is 1. The molecule has 116 valence electrons. The maximum atomic E-state index is 12.7. The van der Waals surface area contributed by atoms with Crippen LogP contribution in [0.2, 0.25) is 0 Å². The van der Waals surface area contributed by atoms with Crippen molar-refractivity contribution in [2.75, 3.05) is 19.6 Å². The molecule has 4 heteroatoms. The molecule has 0 radical (unpaired) electrons. The Balaban J connectivity index is 0.00000147. The topological polar surface area (TPSA) is 32.3 Å². The molecule has 0 spiro atoms. The van der Waals surface area contributed by atoms with Crippen molar-refractivity contribution < 1.29 is 4.79 Å². The van der Waals surface area contributed by atoms with Gasteiger partial charge in [0, 0.05) is 31.6 Å². The lowest BCUT2D eigenvalue weighted by atomic mass is 9.67. The predicted octanol–water partition coefficient (Wildman–Crippen LogP) is 2.84. The fourth-order valence-electron chi connectivity index (χ4n) is 4.50. The van der Waals surface area contributed by atoms with Crippen LogP contribution in [0.1, 0.15) is 51.9 Å². The van der Waals surface area contributed by atoms with Gasteiger partial charge in [-0.05, 0) is 38.0 Å². The van der Waals surface area contributed by atoms with E-state index in [2.05, 4.69) is 17.1 Å². The van der Waals surface area contributed by atoms with Gasteiger partial charge in [-0.1, -0.05) is 25.7 Å². The fraction of sp³-hybridized carbons (Fsp3) is 0.938. The molecule has 1 heterocycles. The zero-order chi connectivity index (χ0) is 13.2. The molecule has 3 aliphatic rings. The molecule has 3 unspecified atom stereocenters. The van der Waals surface area contributed by atoms with E-state index in [4.69, 9.17) is 0 Å². The summed E-state index contributed by atoms with van der Waals surface area (Å²) in [5.41, 5.74) is 0. The first-order valence-electron chi connectivity index (χ1n) is 8.27. The number of piperazine rings is 1. The van der Waals surface area contributed by atoms with Crippen LogP contribution in [0.3, 0.4) is 0 Å². The standard InChI is InChI=1S/C16H28N2O.ClH/c1-12-11-17-8-9-18(12)16(19)15-7-6-13-4-2-3-5-14(13)10-15;/h12-15,17H,2-11H2,1H3;1H/t12-,13?,14?,15?;/m1./s1. The van der Waals surface area contributed by atoms with Gasteiger partial charge in [0.15, 0.2) is 0 Å². The summed E-state index contributed by atoms with van der Waals surface area (Å²) in [6, 6.07) is 0.380. The van der Waals surface area contributed by atoms with Crippen molar-refractivity contribution in [2.24, 2.45) is 17.8 Å². The van der Waals surface area contributed by atoms with E-state index in [-0.39, 0.29) is 12.4 Å². The molecule has 1 aliphatic heterocycles. The molecule has 0 aromatic carbocycles. The summed E-state index contributed by atoms with van der Waals surface area (Å²) < 4.78 is 0. The molecule has 4 atom stereocenters. The second-order valence-electron chi connectivity index (χ2n) is 6.90. The zero-order valence-electron chi connectivity index (χ0n) is 12.6. The second-order valence-corrected chi connectivity index (χ2v) is 6.90. The number of carbonyl (C=O) groups is 1. The van der Waals surface area contributed by atoms with Crippen LogP contribution in [-0.4, -0.2) is 36.5 Å². The number of hydrogen-bond acceptors (Lipinski definition) is 2. The molecule has 1 saturated heterocycles. The monoisotopic (exact) mass is 300 g/mol. The average molecular weight is 301 g/mol. The van der Waals surface area contributed by atoms with Crippen LogP contribution in [0.5, 0.6) is 0 Å². The molecule has 1 amide bonds. The third-order valence-electron chi connectivity index (χ3n) is 5.67. The van der Waals surface area contributed by atoms with Gasteiger partial charge in [0.05, 0.1) is 0 Å². The maximum absolute atomic E-state index is 12.7. The minimum atomic E-state index is 0. The predicted molar refractivity (Wildman–Crippen MR) is 84.1 cm³/mol. The van der Waals surface area contributed by atoms with Gasteiger partial charge in [0.2, 0.25) is 5.91 Å². The van der Waals surface area contributed by atoms with Gasteiger partial charge < -0.3 is 10.2 Å². The van der Waals surface area contributed by atoms with Gasteiger partial charge in [-0.2, -0.15) is 0 Å². The fourth-order valence-corrected chi connectivity index (χ4v) is 4.50. The first-order valence-corrected chi connectivity index (χ1v) is 8.27. The highest BCUT2D eigenvalue weighted by Gasteiger charge is 2.37. The Morgan fingerprint density at radius 3 is 2.60 bits per heavy atom. The SMILES string of the molecule is C[C@@H]1CNCCN1C(=O)C1CCC2CCCCC2C1.Cl. The molecule has 3 fully saturated rings. The summed E-state index contributed by atoms with van der Waals surface area (Å²) in [7, 11) is 0. The van der Waals surface area contributed by atoms with Gasteiger partial charge in [-0.15, -0.1) is 12.4 Å². The molecule has 20 heavy (non-hydrogen) atoms. The highest BCUT2D eigenvalue weighted by molar-refractivity contribution is 5.85. The van der Waals surface area contributed by atoms with Crippen molar-refractivity contribution in [3.63, 3.8) is 0 Å². The lowest BCUT2D eigenvalue weighted by Crippen LogP contribution is -2.54. The van der Waals surface area contributed by atoms with Crippen molar-refractivity contribution in [3.8, 4) is 0 Å². The van der Waals surface area contributed by atoms with Gasteiger partial charge in [0.25, 0.3) is 0 Å². The Morgan fingerprint density at radius 2 is 1.85 bits per heavy atom. The number of nitrogens with zero attached hydrogens (tertiary/aromatic N) is 1. The van der Waals surface area contributed by atoms with Crippen LogP contribution < -0.4 is 5.32 Å². The molecule has 0 aromatic heterocycles. The van der Waals surface area contributed by atoms with Gasteiger partial charge in [0.1, 0.15) is 0 Å². The summed E-state index contributed by atoms with van der Waals surface area (Å²) in [4.78, 5) is 14.9.